The van der Waals surface area contributed by atoms with Crippen LogP contribution in [-0.4, -0.2) is 37.7 Å². The van der Waals surface area contributed by atoms with Gasteiger partial charge in [-0.1, -0.05) is 6.07 Å². The molecule has 1 amide bonds. The van der Waals surface area contributed by atoms with Gasteiger partial charge in [-0.05, 0) is 37.0 Å². The largest absolute Gasteiger partial charge is 0.481 e. The van der Waals surface area contributed by atoms with Crippen LogP contribution < -0.4 is 0 Å². The maximum atomic E-state index is 12.4. The number of carboxylic acids is 1. The molecule has 0 radical (unpaired) electrons. The lowest BCUT2D eigenvalue weighted by atomic mass is 10.0. The lowest BCUT2D eigenvalue weighted by Gasteiger charge is -2.21. The molecular weight excluding hydrogens is 302 g/mol. The second kappa shape index (κ2) is 6.00. The highest BCUT2D eigenvalue weighted by molar-refractivity contribution is 7.00. The Morgan fingerprint density at radius 2 is 2.00 bits per heavy atom. The summed E-state index contributed by atoms with van der Waals surface area (Å²) in [6.07, 6.45) is 1.71. The summed E-state index contributed by atoms with van der Waals surface area (Å²) in [5.41, 5.74) is 2.71. The van der Waals surface area contributed by atoms with Gasteiger partial charge in [-0.2, -0.15) is 8.75 Å². The van der Waals surface area contributed by atoms with Crippen LogP contribution in [0.15, 0.2) is 18.2 Å². The molecule has 1 fully saturated rings. The van der Waals surface area contributed by atoms with E-state index in [2.05, 4.69) is 8.75 Å². The van der Waals surface area contributed by atoms with Gasteiger partial charge >= 0.3 is 5.97 Å². The number of carbonyl (C=O) groups excluding carboxylic acids is 1. The zero-order valence-electron chi connectivity index (χ0n) is 12.2. The number of aromatic nitrogens is 2. The highest BCUT2D eigenvalue weighted by atomic mass is 32.1. The van der Waals surface area contributed by atoms with Crippen LogP contribution in [0.1, 0.15) is 24.8 Å². The van der Waals surface area contributed by atoms with Gasteiger partial charge in [-0.15, -0.1) is 0 Å². The van der Waals surface area contributed by atoms with Crippen LogP contribution in [0, 0.1) is 11.8 Å². The second-order valence-electron chi connectivity index (χ2n) is 5.83. The average Bonchev–Trinajstić information content (AvgIpc) is 3.15. The highest BCUT2D eigenvalue weighted by Gasteiger charge is 2.35. The van der Waals surface area contributed by atoms with Gasteiger partial charge < -0.3 is 10.0 Å². The van der Waals surface area contributed by atoms with Gasteiger partial charge in [0, 0.05) is 19.5 Å². The van der Waals surface area contributed by atoms with E-state index in [9.17, 15) is 9.59 Å². The smallest absolute Gasteiger partial charge is 0.306 e. The van der Waals surface area contributed by atoms with Gasteiger partial charge in [0.15, 0.2) is 0 Å². The molecule has 1 saturated carbocycles. The number of nitrogens with zero attached hydrogens (tertiary/aromatic N) is 3. The molecule has 6 nitrogen and oxygen atoms in total. The fourth-order valence-corrected chi connectivity index (χ4v) is 3.54. The minimum Gasteiger partial charge on any atom is -0.481 e. The Morgan fingerprint density at radius 3 is 2.73 bits per heavy atom. The molecule has 1 aliphatic rings. The molecule has 1 heterocycles. The zero-order chi connectivity index (χ0) is 15.7. The molecule has 1 aliphatic carbocycles. The summed E-state index contributed by atoms with van der Waals surface area (Å²) < 4.78 is 8.36. The molecule has 0 aliphatic heterocycles. The Bertz CT molecular complexity index is 715. The molecule has 116 valence electrons. The van der Waals surface area contributed by atoms with E-state index in [1.54, 1.807) is 11.9 Å². The Hall–Kier alpha value is -2.02. The second-order valence-corrected chi connectivity index (χ2v) is 6.36. The molecule has 0 saturated heterocycles. The van der Waals surface area contributed by atoms with Crippen LogP contribution in [-0.2, 0) is 16.1 Å². The zero-order valence-corrected chi connectivity index (χ0v) is 13.0. The predicted octanol–water partition coefficient (Wildman–Crippen LogP) is 2.15. The van der Waals surface area contributed by atoms with Crippen molar-refractivity contribution in [2.75, 3.05) is 7.05 Å². The summed E-state index contributed by atoms with van der Waals surface area (Å²) in [5.74, 6) is -1.31. The lowest BCUT2D eigenvalue weighted by molar-refractivity contribution is -0.141. The normalized spacial score (nSPS) is 21.1. The molecule has 3 rings (SSSR count). The molecular formula is C15H17N3O3S. The molecule has 7 heteroatoms. The minimum atomic E-state index is -0.792. The number of hydrogen-bond donors (Lipinski definition) is 1. The molecule has 1 aromatic heterocycles. The van der Waals surface area contributed by atoms with Gasteiger partial charge in [-0.25, -0.2) is 0 Å². The minimum absolute atomic E-state index is 0.0280. The van der Waals surface area contributed by atoms with E-state index >= 15 is 0 Å². The van der Waals surface area contributed by atoms with E-state index in [0.29, 0.717) is 25.8 Å². The van der Waals surface area contributed by atoms with E-state index in [4.69, 9.17) is 5.11 Å². The molecule has 2 atom stereocenters. The number of carbonyl (C=O) groups is 2. The first kappa shape index (κ1) is 14.9. The van der Waals surface area contributed by atoms with Crippen molar-refractivity contribution in [1.29, 1.82) is 0 Å². The first-order valence-corrected chi connectivity index (χ1v) is 7.96. The van der Waals surface area contributed by atoms with Crippen LogP contribution >= 0.6 is 11.7 Å². The maximum Gasteiger partial charge on any atom is 0.306 e. The van der Waals surface area contributed by atoms with E-state index in [1.807, 2.05) is 18.2 Å². The van der Waals surface area contributed by atoms with Crippen molar-refractivity contribution in [2.24, 2.45) is 11.8 Å². The molecule has 22 heavy (non-hydrogen) atoms. The monoisotopic (exact) mass is 319 g/mol. The van der Waals surface area contributed by atoms with Crippen molar-refractivity contribution in [2.45, 2.75) is 25.8 Å². The quantitative estimate of drug-likeness (QED) is 0.933. The number of aliphatic carboxylic acids is 1. The molecule has 2 aromatic rings. The average molecular weight is 319 g/mol. The standard InChI is InChI=1S/C15H17N3O3S/c1-18(14(19)10-3-4-11(7-10)15(20)21)8-9-2-5-12-13(6-9)17-22-16-12/h2,5-6,10-11H,3-4,7-8H2,1H3,(H,20,21)/t10-,11+/m0/s1. The highest BCUT2D eigenvalue weighted by Crippen LogP contribution is 2.32. The number of hydrogen-bond acceptors (Lipinski definition) is 5. The fourth-order valence-electron chi connectivity index (χ4n) is 3.02. The van der Waals surface area contributed by atoms with Gasteiger partial charge in [0.1, 0.15) is 11.0 Å². The summed E-state index contributed by atoms with van der Waals surface area (Å²) in [5, 5.41) is 9.03. The van der Waals surface area contributed by atoms with Crippen LogP contribution in [0.25, 0.3) is 11.0 Å². The Labute approximate surface area is 132 Å². The van der Waals surface area contributed by atoms with Gasteiger partial charge in [-0.3, -0.25) is 9.59 Å². The van der Waals surface area contributed by atoms with Gasteiger partial charge in [0.2, 0.25) is 5.91 Å². The SMILES string of the molecule is CN(Cc1ccc2nsnc2c1)C(=O)[C@H]1CC[C@@H](C(=O)O)C1. The van der Waals surface area contributed by atoms with Gasteiger partial charge in [0.25, 0.3) is 0 Å². The number of carboxylic acid groups (broad SMARTS) is 1. The Morgan fingerprint density at radius 1 is 1.27 bits per heavy atom. The van der Waals surface area contributed by atoms with E-state index in [-0.39, 0.29) is 17.7 Å². The van der Waals surface area contributed by atoms with Crippen molar-refractivity contribution in [1.82, 2.24) is 13.6 Å². The van der Waals surface area contributed by atoms with Gasteiger partial charge in [0.05, 0.1) is 17.6 Å². The predicted molar refractivity (Wildman–Crippen MR) is 82.4 cm³/mol. The summed E-state index contributed by atoms with van der Waals surface area (Å²) in [6.45, 7) is 0.501. The van der Waals surface area contributed by atoms with E-state index in [0.717, 1.165) is 16.6 Å². The van der Waals surface area contributed by atoms with Crippen LogP contribution in [0.4, 0.5) is 0 Å². The third kappa shape index (κ3) is 2.94. The third-order valence-corrected chi connectivity index (χ3v) is 4.80. The van der Waals surface area contributed by atoms with Crippen molar-refractivity contribution in [3.63, 3.8) is 0 Å². The maximum absolute atomic E-state index is 12.4. The van der Waals surface area contributed by atoms with Crippen molar-refractivity contribution in [3.05, 3.63) is 23.8 Å². The van der Waals surface area contributed by atoms with Crippen LogP contribution in [0.5, 0.6) is 0 Å². The fraction of sp³-hybridized carbons (Fsp3) is 0.467. The summed E-state index contributed by atoms with van der Waals surface area (Å²) >= 11 is 1.17. The summed E-state index contributed by atoms with van der Waals surface area (Å²) in [6, 6.07) is 5.79. The first-order valence-electron chi connectivity index (χ1n) is 7.23. The van der Waals surface area contributed by atoms with E-state index in [1.165, 1.54) is 11.7 Å². The number of benzene rings is 1. The topological polar surface area (TPSA) is 83.4 Å². The van der Waals surface area contributed by atoms with Crippen molar-refractivity contribution >= 4 is 34.6 Å². The molecule has 0 unspecified atom stereocenters. The van der Waals surface area contributed by atoms with Crippen molar-refractivity contribution < 1.29 is 14.7 Å². The molecule has 1 aromatic carbocycles. The van der Waals surface area contributed by atoms with Crippen LogP contribution in [0.3, 0.4) is 0 Å². The molecule has 1 N–H and O–H groups in total. The van der Waals surface area contributed by atoms with Crippen LogP contribution in [0.2, 0.25) is 0 Å². The number of rotatable bonds is 4. The summed E-state index contributed by atoms with van der Waals surface area (Å²) in [4.78, 5) is 25.1. The number of amides is 1. The lowest BCUT2D eigenvalue weighted by Crippen LogP contribution is -2.31. The first-order chi connectivity index (χ1) is 10.5. The van der Waals surface area contributed by atoms with E-state index < -0.39 is 5.97 Å². The summed E-state index contributed by atoms with van der Waals surface area (Å²) in [7, 11) is 1.76. The Balaban J connectivity index is 1.64. The third-order valence-electron chi connectivity index (χ3n) is 4.25. The molecule has 0 bridgehead atoms. The van der Waals surface area contributed by atoms with Crippen molar-refractivity contribution in [3.8, 4) is 0 Å². The number of fused-ring (bicyclic) bond motifs is 1. The Kier molecular flexibility index (Phi) is 4.06. The molecule has 0 spiro atoms.